The standard InChI is InChI=1S/C11H13ClN2O2S/c12-9-8(2-1-4-13-9)10(15)14-6-11(16)3-5-17-7-11/h1-2,4,16H,3,5-7H2,(H,14,15). The second kappa shape index (κ2) is 5.25. The Hall–Kier alpha value is -0.780. The Labute approximate surface area is 109 Å². The smallest absolute Gasteiger partial charge is 0.254 e. The molecule has 1 fully saturated rings. The Morgan fingerprint density at radius 3 is 3.18 bits per heavy atom. The molecule has 1 aromatic rings. The summed E-state index contributed by atoms with van der Waals surface area (Å²) in [5, 5.41) is 12.9. The van der Waals surface area contributed by atoms with Crippen molar-refractivity contribution in [2.75, 3.05) is 18.1 Å². The van der Waals surface area contributed by atoms with Crippen molar-refractivity contribution in [1.29, 1.82) is 0 Å². The first-order valence-electron chi connectivity index (χ1n) is 5.30. The fourth-order valence-corrected chi connectivity index (χ4v) is 3.13. The number of amides is 1. The Balaban J connectivity index is 1.96. The van der Waals surface area contributed by atoms with E-state index >= 15 is 0 Å². The zero-order valence-electron chi connectivity index (χ0n) is 9.15. The summed E-state index contributed by atoms with van der Waals surface area (Å²) in [4.78, 5) is 15.6. The Morgan fingerprint density at radius 2 is 2.53 bits per heavy atom. The van der Waals surface area contributed by atoms with E-state index in [1.165, 1.54) is 6.20 Å². The lowest BCUT2D eigenvalue weighted by Gasteiger charge is -2.21. The maximum Gasteiger partial charge on any atom is 0.254 e. The third-order valence-corrected chi connectivity index (χ3v) is 4.20. The van der Waals surface area contributed by atoms with Crippen molar-refractivity contribution in [3.63, 3.8) is 0 Å². The van der Waals surface area contributed by atoms with Gasteiger partial charge >= 0.3 is 0 Å². The fraction of sp³-hybridized carbons (Fsp3) is 0.455. The van der Waals surface area contributed by atoms with Gasteiger partial charge in [-0.15, -0.1) is 0 Å². The number of hydrogen-bond acceptors (Lipinski definition) is 4. The van der Waals surface area contributed by atoms with Gasteiger partial charge < -0.3 is 10.4 Å². The number of aromatic nitrogens is 1. The van der Waals surface area contributed by atoms with Crippen molar-refractivity contribution < 1.29 is 9.90 Å². The lowest BCUT2D eigenvalue weighted by atomic mass is 10.0. The van der Waals surface area contributed by atoms with E-state index in [9.17, 15) is 9.90 Å². The van der Waals surface area contributed by atoms with E-state index < -0.39 is 5.60 Å². The summed E-state index contributed by atoms with van der Waals surface area (Å²) in [6, 6.07) is 3.26. The summed E-state index contributed by atoms with van der Waals surface area (Å²) in [5.74, 6) is 1.29. The summed E-state index contributed by atoms with van der Waals surface area (Å²) in [6.45, 7) is 0.254. The molecule has 1 amide bonds. The minimum Gasteiger partial charge on any atom is -0.387 e. The number of rotatable bonds is 3. The first-order chi connectivity index (χ1) is 8.11. The summed E-state index contributed by atoms with van der Waals surface area (Å²) in [5.41, 5.74) is -0.446. The largest absolute Gasteiger partial charge is 0.387 e. The predicted molar refractivity (Wildman–Crippen MR) is 68.5 cm³/mol. The zero-order chi connectivity index (χ0) is 12.3. The fourth-order valence-electron chi connectivity index (χ4n) is 1.63. The maximum absolute atomic E-state index is 11.8. The van der Waals surface area contributed by atoms with Crippen LogP contribution in [0.2, 0.25) is 5.15 Å². The Bertz CT molecular complexity index is 422. The number of aliphatic hydroxyl groups is 1. The molecular formula is C11H13ClN2O2S. The summed E-state index contributed by atoms with van der Waals surface area (Å²) >= 11 is 7.50. The van der Waals surface area contributed by atoms with Gasteiger partial charge in [-0.1, -0.05) is 11.6 Å². The van der Waals surface area contributed by atoms with Crippen molar-refractivity contribution in [2.24, 2.45) is 0 Å². The van der Waals surface area contributed by atoms with Crippen LogP contribution in [0.5, 0.6) is 0 Å². The molecule has 0 aromatic carbocycles. The van der Waals surface area contributed by atoms with Gasteiger partial charge in [-0.2, -0.15) is 11.8 Å². The van der Waals surface area contributed by atoms with E-state index in [1.54, 1.807) is 23.9 Å². The molecule has 1 aliphatic rings. The van der Waals surface area contributed by atoms with Gasteiger partial charge in [0.05, 0.1) is 11.2 Å². The van der Waals surface area contributed by atoms with E-state index in [1.807, 2.05) is 0 Å². The first kappa shape index (κ1) is 12.7. The molecule has 2 heterocycles. The number of nitrogens with zero attached hydrogens (tertiary/aromatic N) is 1. The molecule has 0 aliphatic carbocycles. The van der Waals surface area contributed by atoms with Gasteiger partial charge in [0.2, 0.25) is 0 Å². The molecule has 1 unspecified atom stereocenters. The van der Waals surface area contributed by atoms with Crippen LogP contribution in [0.1, 0.15) is 16.8 Å². The number of hydrogen-bond donors (Lipinski definition) is 2. The van der Waals surface area contributed by atoms with Gasteiger partial charge in [0.25, 0.3) is 5.91 Å². The molecular weight excluding hydrogens is 260 g/mol. The molecule has 1 saturated heterocycles. The highest BCUT2D eigenvalue weighted by Crippen LogP contribution is 2.27. The summed E-state index contributed by atoms with van der Waals surface area (Å²) in [6.07, 6.45) is 2.24. The van der Waals surface area contributed by atoms with Crippen molar-refractivity contribution in [1.82, 2.24) is 10.3 Å². The normalized spacial score (nSPS) is 23.6. The van der Waals surface area contributed by atoms with E-state index in [4.69, 9.17) is 11.6 Å². The zero-order valence-corrected chi connectivity index (χ0v) is 10.7. The number of carbonyl (C=O) groups excluding carboxylic acids is 1. The Kier molecular flexibility index (Phi) is 3.91. The first-order valence-corrected chi connectivity index (χ1v) is 6.83. The number of nitrogens with one attached hydrogen (secondary N) is 1. The molecule has 2 N–H and O–H groups in total. The molecule has 0 spiro atoms. The number of pyridine rings is 1. The minimum absolute atomic E-state index is 0.179. The average Bonchev–Trinajstić information content (AvgIpc) is 2.74. The summed E-state index contributed by atoms with van der Waals surface area (Å²) in [7, 11) is 0. The highest BCUT2D eigenvalue weighted by atomic mass is 35.5. The molecule has 17 heavy (non-hydrogen) atoms. The molecule has 1 aromatic heterocycles. The van der Waals surface area contributed by atoms with Crippen LogP contribution in [0.4, 0.5) is 0 Å². The number of carbonyl (C=O) groups is 1. The third-order valence-electron chi connectivity index (χ3n) is 2.66. The van der Waals surface area contributed by atoms with Crippen LogP contribution in [-0.4, -0.2) is 39.6 Å². The molecule has 2 rings (SSSR count). The summed E-state index contributed by atoms with van der Waals surface area (Å²) < 4.78 is 0. The van der Waals surface area contributed by atoms with Crippen LogP contribution in [0, 0.1) is 0 Å². The van der Waals surface area contributed by atoms with Crippen LogP contribution >= 0.6 is 23.4 Å². The lowest BCUT2D eigenvalue weighted by Crippen LogP contribution is -2.43. The van der Waals surface area contributed by atoms with Crippen LogP contribution in [-0.2, 0) is 0 Å². The third kappa shape index (κ3) is 3.12. The molecule has 4 nitrogen and oxygen atoms in total. The van der Waals surface area contributed by atoms with Crippen molar-refractivity contribution >= 4 is 29.3 Å². The van der Waals surface area contributed by atoms with Gasteiger partial charge in [0.1, 0.15) is 5.15 Å². The van der Waals surface area contributed by atoms with Crippen LogP contribution < -0.4 is 5.32 Å². The van der Waals surface area contributed by atoms with Crippen LogP contribution in [0.15, 0.2) is 18.3 Å². The molecule has 1 atom stereocenters. The van der Waals surface area contributed by atoms with E-state index in [-0.39, 0.29) is 17.6 Å². The highest BCUT2D eigenvalue weighted by Gasteiger charge is 2.32. The SMILES string of the molecule is O=C(NCC1(O)CCSC1)c1cccnc1Cl. The second-order valence-corrected chi connectivity index (χ2v) is 5.51. The quantitative estimate of drug-likeness (QED) is 0.815. The minimum atomic E-state index is -0.783. The van der Waals surface area contributed by atoms with Gasteiger partial charge in [0.15, 0.2) is 0 Å². The van der Waals surface area contributed by atoms with E-state index in [0.29, 0.717) is 17.7 Å². The van der Waals surface area contributed by atoms with Crippen molar-refractivity contribution in [3.8, 4) is 0 Å². The maximum atomic E-state index is 11.8. The number of thioether (sulfide) groups is 1. The molecule has 0 saturated carbocycles. The van der Waals surface area contributed by atoms with Crippen molar-refractivity contribution in [3.05, 3.63) is 29.0 Å². The molecule has 6 heteroatoms. The Morgan fingerprint density at radius 1 is 1.71 bits per heavy atom. The van der Waals surface area contributed by atoms with E-state index in [2.05, 4.69) is 10.3 Å². The average molecular weight is 273 g/mol. The van der Waals surface area contributed by atoms with Crippen LogP contribution in [0.3, 0.4) is 0 Å². The highest BCUT2D eigenvalue weighted by molar-refractivity contribution is 7.99. The van der Waals surface area contributed by atoms with Gasteiger partial charge in [-0.25, -0.2) is 4.98 Å². The molecule has 92 valence electrons. The lowest BCUT2D eigenvalue weighted by molar-refractivity contribution is 0.0612. The molecule has 0 bridgehead atoms. The molecule has 1 aliphatic heterocycles. The van der Waals surface area contributed by atoms with Crippen LogP contribution in [0.25, 0.3) is 0 Å². The van der Waals surface area contributed by atoms with E-state index in [0.717, 1.165) is 5.75 Å². The number of halogens is 1. The topological polar surface area (TPSA) is 62.2 Å². The van der Waals surface area contributed by atoms with Crippen molar-refractivity contribution in [2.45, 2.75) is 12.0 Å². The predicted octanol–water partition coefficient (Wildman–Crippen LogP) is 1.33. The monoisotopic (exact) mass is 272 g/mol. The van der Waals surface area contributed by atoms with Gasteiger partial charge in [0, 0.05) is 18.5 Å². The van der Waals surface area contributed by atoms with Gasteiger partial charge in [-0.3, -0.25) is 4.79 Å². The molecule has 0 radical (unpaired) electrons. The second-order valence-electron chi connectivity index (χ2n) is 4.05. The van der Waals surface area contributed by atoms with Gasteiger partial charge in [-0.05, 0) is 24.3 Å².